The largest absolute Gasteiger partial charge is 0.508 e. The summed E-state index contributed by atoms with van der Waals surface area (Å²) in [4.78, 5) is 15.4. The Hall–Kier alpha value is -2.27. The number of aromatic nitrogens is 1. The summed E-state index contributed by atoms with van der Waals surface area (Å²) in [5.74, 6) is 0.352. The smallest absolute Gasteiger partial charge is 0.309 e. The highest BCUT2D eigenvalue weighted by molar-refractivity contribution is 5.89. The molecule has 3 fully saturated rings. The number of piperidine rings is 1. The molecular weight excluding hydrogens is 328 g/mol. The van der Waals surface area contributed by atoms with Gasteiger partial charge in [-0.3, -0.25) is 9.69 Å². The first kappa shape index (κ1) is 15.9. The van der Waals surface area contributed by atoms with E-state index in [0.29, 0.717) is 6.04 Å². The summed E-state index contributed by atoms with van der Waals surface area (Å²) in [6.07, 6.45) is 3.14. The van der Waals surface area contributed by atoms with Gasteiger partial charge in [-0.1, -0.05) is 11.6 Å². The SMILES string of the molecule is CC=C1CN2CC3c4c(n(C)c5ccc(O)cc45)C2CC1C3C(=O)OC. The molecule has 5 nitrogen and oxygen atoms in total. The summed E-state index contributed by atoms with van der Waals surface area (Å²) in [5.41, 5.74) is 5.04. The molecule has 2 aromatic rings. The third kappa shape index (κ3) is 1.87. The Kier molecular flexibility index (Phi) is 3.29. The zero-order valence-corrected chi connectivity index (χ0v) is 15.4. The van der Waals surface area contributed by atoms with Crippen molar-refractivity contribution in [3.05, 3.63) is 41.1 Å². The molecule has 5 atom stereocenters. The number of rotatable bonds is 1. The van der Waals surface area contributed by atoms with E-state index in [0.717, 1.165) is 30.4 Å². The van der Waals surface area contributed by atoms with Crippen molar-refractivity contribution < 1.29 is 14.6 Å². The van der Waals surface area contributed by atoms with E-state index in [1.54, 1.807) is 6.07 Å². The van der Waals surface area contributed by atoms with Gasteiger partial charge in [0.05, 0.1) is 19.1 Å². The number of phenolic OH excluding ortho intramolecular Hbond substituents is 1. The van der Waals surface area contributed by atoms with Crippen LogP contribution in [-0.2, 0) is 16.6 Å². The van der Waals surface area contributed by atoms with E-state index in [1.807, 2.05) is 12.1 Å². The Morgan fingerprint density at radius 2 is 2.15 bits per heavy atom. The molecule has 3 saturated heterocycles. The van der Waals surface area contributed by atoms with Crippen molar-refractivity contribution in [3.63, 3.8) is 0 Å². The second-order valence-corrected chi connectivity index (χ2v) is 7.87. The normalized spacial score (nSPS) is 33.5. The molecule has 5 heterocycles. The van der Waals surface area contributed by atoms with Crippen LogP contribution in [0.5, 0.6) is 5.75 Å². The van der Waals surface area contributed by atoms with Gasteiger partial charge >= 0.3 is 5.97 Å². The Labute approximate surface area is 152 Å². The van der Waals surface area contributed by atoms with E-state index in [9.17, 15) is 9.90 Å². The van der Waals surface area contributed by atoms with Gasteiger partial charge in [0.15, 0.2) is 0 Å². The molecule has 26 heavy (non-hydrogen) atoms. The molecule has 0 saturated carbocycles. The van der Waals surface area contributed by atoms with Crippen molar-refractivity contribution in [2.45, 2.75) is 25.3 Å². The lowest BCUT2D eigenvalue weighted by Gasteiger charge is -2.40. The molecule has 1 aliphatic carbocycles. The Balaban J connectivity index is 1.81. The summed E-state index contributed by atoms with van der Waals surface area (Å²) in [5, 5.41) is 11.2. The number of esters is 1. The number of aromatic hydroxyl groups is 1. The van der Waals surface area contributed by atoms with E-state index in [-0.39, 0.29) is 29.5 Å². The molecule has 4 bridgehead atoms. The second-order valence-electron chi connectivity index (χ2n) is 7.87. The van der Waals surface area contributed by atoms with Crippen LogP contribution in [0.25, 0.3) is 10.9 Å². The molecule has 4 aliphatic heterocycles. The molecule has 1 aromatic carbocycles. The van der Waals surface area contributed by atoms with E-state index in [1.165, 1.54) is 23.9 Å². The lowest BCUT2D eigenvalue weighted by molar-refractivity contribution is -0.147. The summed E-state index contributed by atoms with van der Waals surface area (Å²) in [6.45, 7) is 3.88. The van der Waals surface area contributed by atoms with Crippen molar-refractivity contribution in [1.29, 1.82) is 0 Å². The second kappa shape index (κ2) is 5.36. The number of nitrogens with zero attached hydrogens (tertiary/aromatic N) is 2. The number of carbonyl (C=O) groups is 1. The van der Waals surface area contributed by atoms with Crippen LogP contribution >= 0.6 is 0 Å². The highest BCUT2D eigenvalue weighted by atomic mass is 16.5. The summed E-state index contributed by atoms with van der Waals surface area (Å²) >= 11 is 0. The monoisotopic (exact) mass is 352 g/mol. The van der Waals surface area contributed by atoms with Gasteiger partial charge in [-0.25, -0.2) is 0 Å². The van der Waals surface area contributed by atoms with Crippen molar-refractivity contribution in [2.75, 3.05) is 20.2 Å². The number of ether oxygens (including phenoxy) is 1. The fourth-order valence-corrected chi connectivity index (χ4v) is 5.82. The Morgan fingerprint density at radius 1 is 1.35 bits per heavy atom. The minimum absolute atomic E-state index is 0.101. The Bertz CT molecular complexity index is 958. The average Bonchev–Trinajstić information content (AvgIpc) is 2.78. The van der Waals surface area contributed by atoms with Crippen molar-refractivity contribution in [2.24, 2.45) is 18.9 Å². The molecule has 5 aliphatic rings. The molecular formula is C21H24N2O3. The maximum atomic E-state index is 12.9. The van der Waals surface area contributed by atoms with Crippen molar-refractivity contribution in [1.82, 2.24) is 9.47 Å². The van der Waals surface area contributed by atoms with Crippen LogP contribution in [0.2, 0.25) is 0 Å². The summed E-state index contributed by atoms with van der Waals surface area (Å²) < 4.78 is 7.53. The first-order valence-electron chi connectivity index (χ1n) is 9.33. The lowest BCUT2D eigenvalue weighted by atomic mass is 9.76. The van der Waals surface area contributed by atoms with Gasteiger partial charge in [0.1, 0.15) is 5.75 Å². The lowest BCUT2D eigenvalue weighted by Crippen LogP contribution is -2.40. The number of hydrogen-bond acceptors (Lipinski definition) is 4. The highest BCUT2D eigenvalue weighted by Gasteiger charge is 2.54. The first-order chi connectivity index (χ1) is 12.5. The van der Waals surface area contributed by atoms with Gasteiger partial charge < -0.3 is 14.4 Å². The number of aryl methyl sites for hydroxylation is 1. The average molecular weight is 352 g/mol. The maximum absolute atomic E-state index is 12.9. The maximum Gasteiger partial charge on any atom is 0.309 e. The fourth-order valence-electron chi connectivity index (χ4n) is 5.82. The quantitative estimate of drug-likeness (QED) is 0.633. The molecule has 5 unspecified atom stereocenters. The van der Waals surface area contributed by atoms with Crippen LogP contribution in [0.4, 0.5) is 0 Å². The number of benzene rings is 1. The van der Waals surface area contributed by atoms with Crippen molar-refractivity contribution in [3.8, 4) is 5.75 Å². The zero-order chi connectivity index (χ0) is 18.2. The standard InChI is InChI=1S/C21H24N2O3/c1-4-11-9-23-10-15-18-14-7-12(24)5-6-16(14)22(2)20(18)17(23)8-13(11)19(15)21(25)26-3/h4-7,13,15,17,19,24H,8-10H2,1-3H3. The molecule has 1 aromatic heterocycles. The van der Waals surface area contributed by atoms with Gasteiger partial charge in [0.2, 0.25) is 0 Å². The number of hydrogen-bond donors (Lipinski definition) is 1. The Morgan fingerprint density at radius 3 is 2.88 bits per heavy atom. The van der Waals surface area contributed by atoms with Crippen molar-refractivity contribution >= 4 is 16.9 Å². The topological polar surface area (TPSA) is 54.7 Å². The molecule has 0 spiro atoms. The third-order valence-corrected chi connectivity index (χ3v) is 6.88. The molecule has 7 rings (SSSR count). The van der Waals surface area contributed by atoms with Crippen LogP contribution in [0, 0.1) is 11.8 Å². The van der Waals surface area contributed by atoms with E-state index < -0.39 is 0 Å². The molecule has 5 heteroatoms. The highest BCUT2D eigenvalue weighted by Crippen LogP contribution is 2.57. The van der Waals surface area contributed by atoms with Crippen LogP contribution in [0.1, 0.15) is 36.6 Å². The molecule has 0 radical (unpaired) electrons. The van der Waals surface area contributed by atoms with Crippen LogP contribution in [0.3, 0.4) is 0 Å². The van der Waals surface area contributed by atoms with Crippen LogP contribution < -0.4 is 0 Å². The number of allylic oxidation sites excluding steroid dienone is 1. The van der Waals surface area contributed by atoms with E-state index in [2.05, 4.69) is 29.5 Å². The first-order valence-corrected chi connectivity index (χ1v) is 9.33. The molecule has 1 N–H and O–H groups in total. The minimum atomic E-state index is -0.157. The van der Waals surface area contributed by atoms with Gasteiger partial charge in [-0.05, 0) is 43.0 Å². The third-order valence-electron chi connectivity index (χ3n) is 6.88. The minimum Gasteiger partial charge on any atom is -0.508 e. The zero-order valence-electron chi connectivity index (χ0n) is 15.4. The number of phenols is 1. The number of fused-ring (bicyclic) bond motifs is 2. The van der Waals surface area contributed by atoms with Gasteiger partial charge in [-0.15, -0.1) is 0 Å². The van der Waals surface area contributed by atoms with Gasteiger partial charge in [-0.2, -0.15) is 0 Å². The van der Waals surface area contributed by atoms with Gasteiger partial charge in [0.25, 0.3) is 0 Å². The molecule has 0 amide bonds. The van der Waals surface area contributed by atoms with Crippen LogP contribution in [0.15, 0.2) is 29.8 Å². The number of methoxy groups -OCH3 is 1. The van der Waals surface area contributed by atoms with E-state index in [4.69, 9.17) is 4.74 Å². The van der Waals surface area contributed by atoms with Gasteiger partial charge in [0, 0.05) is 42.7 Å². The van der Waals surface area contributed by atoms with Crippen LogP contribution in [-0.4, -0.2) is 40.7 Å². The predicted octanol–water partition coefficient (Wildman–Crippen LogP) is 3.09. The fraction of sp³-hybridized carbons (Fsp3) is 0.476. The summed E-state index contributed by atoms with van der Waals surface area (Å²) in [7, 11) is 3.61. The summed E-state index contributed by atoms with van der Waals surface area (Å²) in [6, 6.07) is 5.91. The number of carbonyl (C=O) groups excluding carboxylic acids is 1. The molecule has 136 valence electrons. The van der Waals surface area contributed by atoms with E-state index >= 15 is 0 Å². The predicted molar refractivity (Wildman–Crippen MR) is 99.0 cm³/mol.